The summed E-state index contributed by atoms with van der Waals surface area (Å²) in [5, 5.41) is 39.4. The third-order valence-corrected chi connectivity index (χ3v) is 3.11. The van der Waals surface area contributed by atoms with Crippen LogP contribution < -0.4 is 44.2 Å². The minimum atomic E-state index is -1.59. The Morgan fingerprint density at radius 3 is 0.867 bits per heavy atom. The third kappa shape index (κ3) is 31.8. The van der Waals surface area contributed by atoms with Crippen LogP contribution in [-0.4, -0.2) is 37.0 Å². The molecule has 0 fully saturated rings. The number of hydrogen-bond acceptors (Lipinski definition) is 12. The standard InChI is InChI=1S/C6H16N2.2C5H8O4.2H3N.2Pt/c7-5-3-1-2-4-6-8;2*1-2-3(4(6)7)5(8)9;;;;/h1-8H2;2*3H,2H2,1H3,(H,6,7)(H,8,9);2*1H3;;/q;;;;;2*+4/p-4. The molecule has 182 valence electrons. The summed E-state index contributed by atoms with van der Waals surface area (Å²) >= 11 is 0. The van der Waals surface area contributed by atoms with Crippen molar-refractivity contribution in [3.63, 3.8) is 0 Å². The number of carbonyl (C=O) groups excluding carboxylic acids is 4. The minimum Gasteiger partial charge on any atom is -0.549 e. The minimum absolute atomic E-state index is 0. The molecule has 0 heterocycles. The molecule has 0 atom stereocenters. The van der Waals surface area contributed by atoms with Crippen LogP contribution in [0, 0.1) is 11.8 Å². The zero-order valence-electron chi connectivity index (χ0n) is 17.3. The number of unbranched alkanes of at least 4 members (excludes halogenated alkanes) is 3. The van der Waals surface area contributed by atoms with Gasteiger partial charge in [0.2, 0.25) is 0 Å². The molecule has 0 saturated heterocycles. The Kier molecular flexibility index (Phi) is 51.4. The maximum atomic E-state index is 9.84. The zero-order chi connectivity index (χ0) is 21.1. The molecule has 14 heteroatoms. The van der Waals surface area contributed by atoms with Gasteiger partial charge in [0.1, 0.15) is 0 Å². The number of hydrogen-bond donors (Lipinski definition) is 4. The monoisotopic (exact) mass is 800 g/mol. The van der Waals surface area contributed by atoms with E-state index in [1.807, 2.05) is 0 Å². The summed E-state index contributed by atoms with van der Waals surface area (Å²) in [6.45, 7) is 4.53. The topological polar surface area (TPSA) is 283 Å². The predicted molar refractivity (Wildman–Crippen MR) is 94.2 cm³/mol. The van der Waals surface area contributed by atoms with Gasteiger partial charge in [0.25, 0.3) is 0 Å². The van der Waals surface area contributed by atoms with Crippen molar-refractivity contribution in [1.82, 2.24) is 12.3 Å². The Morgan fingerprint density at radius 2 is 0.800 bits per heavy atom. The maximum absolute atomic E-state index is 9.84. The molecule has 0 bridgehead atoms. The largest absolute Gasteiger partial charge is 4.00 e. The summed E-state index contributed by atoms with van der Waals surface area (Å²) in [6.07, 6.45) is 4.80. The van der Waals surface area contributed by atoms with Gasteiger partial charge in [-0.1, -0.05) is 26.7 Å². The van der Waals surface area contributed by atoms with E-state index in [0.29, 0.717) is 0 Å². The molecular weight excluding hydrogens is 766 g/mol. The van der Waals surface area contributed by atoms with E-state index in [2.05, 4.69) is 0 Å². The summed E-state index contributed by atoms with van der Waals surface area (Å²) in [7, 11) is 0. The fraction of sp³-hybridized carbons (Fsp3) is 0.750. The van der Waals surface area contributed by atoms with Crippen molar-refractivity contribution in [3.8, 4) is 0 Å². The molecule has 0 aromatic heterocycles. The molecule has 0 aromatic carbocycles. The van der Waals surface area contributed by atoms with Crippen LogP contribution in [0.5, 0.6) is 0 Å². The first-order valence-corrected chi connectivity index (χ1v) is 8.33. The van der Waals surface area contributed by atoms with Gasteiger partial charge in [0.15, 0.2) is 0 Å². The van der Waals surface area contributed by atoms with Crippen molar-refractivity contribution < 1.29 is 81.7 Å². The third-order valence-electron chi connectivity index (χ3n) is 3.11. The summed E-state index contributed by atoms with van der Waals surface area (Å²) in [5.74, 6) is -9.28. The van der Waals surface area contributed by atoms with E-state index in [1.165, 1.54) is 26.7 Å². The Bertz CT molecular complexity index is 366. The normalized spacial score (nSPS) is 8.33. The van der Waals surface area contributed by atoms with E-state index in [1.54, 1.807) is 0 Å². The van der Waals surface area contributed by atoms with Crippen LogP contribution in [0.3, 0.4) is 0 Å². The number of aliphatic carboxylic acids is 4. The van der Waals surface area contributed by atoms with Crippen molar-refractivity contribution >= 4 is 23.9 Å². The molecule has 0 unspecified atom stereocenters. The number of carbonyl (C=O) groups is 4. The SMILES string of the molecule is CCC(C(=O)[O-])C(=O)[O-].CCC(C(=O)[O-])C(=O)[O-].N.N.NCCCCCCN.[Pt+4].[Pt+4]. The van der Waals surface area contributed by atoms with Crippen molar-refractivity contribution in [1.29, 1.82) is 0 Å². The van der Waals surface area contributed by atoms with Gasteiger partial charge in [-0.05, 0) is 38.8 Å². The van der Waals surface area contributed by atoms with E-state index in [9.17, 15) is 39.6 Å². The van der Waals surface area contributed by atoms with Crippen LogP contribution in [0.1, 0.15) is 52.4 Å². The second-order valence-electron chi connectivity index (χ2n) is 5.19. The Labute approximate surface area is 206 Å². The van der Waals surface area contributed by atoms with Gasteiger partial charge in [-0.15, -0.1) is 0 Å². The molecule has 0 aliphatic heterocycles. The first-order valence-electron chi connectivity index (χ1n) is 8.33. The summed E-state index contributed by atoms with van der Waals surface area (Å²) in [4.78, 5) is 39.4. The number of carboxylic acid groups (broad SMARTS) is 4. The van der Waals surface area contributed by atoms with Crippen molar-refractivity contribution in [3.05, 3.63) is 0 Å². The van der Waals surface area contributed by atoms with Gasteiger partial charge >= 0.3 is 42.1 Å². The molecule has 0 rings (SSSR count). The van der Waals surface area contributed by atoms with Crippen LogP contribution in [0.15, 0.2) is 0 Å². The summed E-state index contributed by atoms with van der Waals surface area (Å²) in [6, 6.07) is 0. The average Bonchev–Trinajstić information content (AvgIpc) is 2.52. The summed E-state index contributed by atoms with van der Waals surface area (Å²) < 4.78 is 0. The van der Waals surface area contributed by atoms with Crippen LogP contribution in [0.2, 0.25) is 0 Å². The van der Waals surface area contributed by atoms with Gasteiger partial charge < -0.3 is 63.4 Å². The molecule has 0 aliphatic carbocycles. The molecule has 30 heavy (non-hydrogen) atoms. The number of carboxylic acids is 4. The van der Waals surface area contributed by atoms with E-state index < -0.39 is 35.7 Å². The van der Waals surface area contributed by atoms with Gasteiger partial charge in [-0.2, -0.15) is 0 Å². The quantitative estimate of drug-likeness (QED) is 0.114. The van der Waals surface area contributed by atoms with E-state index >= 15 is 0 Å². The number of nitrogens with two attached hydrogens (primary N) is 2. The predicted octanol–water partition coefficient (Wildman–Crippen LogP) is -4.19. The van der Waals surface area contributed by atoms with Crippen molar-refractivity contribution in [2.24, 2.45) is 23.3 Å². The van der Waals surface area contributed by atoms with E-state index in [0.717, 1.165) is 25.9 Å². The Hall–Kier alpha value is -0.903. The van der Waals surface area contributed by atoms with Crippen LogP contribution in [-0.2, 0) is 61.3 Å². The fourth-order valence-corrected chi connectivity index (χ4v) is 1.50. The molecule has 0 aromatic rings. The molecule has 10 N–H and O–H groups in total. The van der Waals surface area contributed by atoms with Gasteiger partial charge in [-0.25, -0.2) is 0 Å². The average molecular weight is 801 g/mol. The van der Waals surface area contributed by atoms with Crippen molar-refractivity contribution in [2.45, 2.75) is 52.4 Å². The fourth-order valence-electron chi connectivity index (χ4n) is 1.50. The van der Waals surface area contributed by atoms with Gasteiger partial charge in [0, 0.05) is 11.8 Å². The van der Waals surface area contributed by atoms with Crippen LogP contribution >= 0.6 is 0 Å². The first-order chi connectivity index (χ1) is 12.1. The molecule has 0 amide bonds. The second-order valence-corrected chi connectivity index (χ2v) is 5.19. The van der Waals surface area contributed by atoms with Gasteiger partial charge in [0.05, 0.1) is 23.9 Å². The van der Waals surface area contributed by atoms with Crippen LogP contribution in [0.4, 0.5) is 0 Å². The molecule has 0 saturated carbocycles. The molecule has 0 spiro atoms. The molecule has 0 radical (unpaired) electrons. The van der Waals surface area contributed by atoms with E-state index in [4.69, 9.17) is 11.5 Å². The number of rotatable bonds is 11. The Morgan fingerprint density at radius 1 is 0.600 bits per heavy atom. The van der Waals surface area contributed by atoms with Crippen molar-refractivity contribution in [2.75, 3.05) is 13.1 Å². The van der Waals surface area contributed by atoms with Gasteiger partial charge in [-0.3, -0.25) is 0 Å². The first kappa shape index (κ1) is 47.0. The van der Waals surface area contributed by atoms with Crippen LogP contribution in [0.25, 0.3) is 0 Å². The maximum Gasteiger partial charge on any atom is 4.00 e. The molecule has 12 nitrogen and oxygen atoms in total. The Balaban J connectivity index is -0.0000000497. The smallest absolute Gasteiger partial charge is 0.549 e. The van der Waals surface area contributed by atoms with E-state index in [-0.39, 0.29) is 67.3 Å². The zero-order valence-corrected chi connectivity index (χ0v) is 21.8. The summed E-state index contributed by atoms with van der Waals surface area (Å²) in [5.41, 5.74) is 10.6. The second kappa shape index (κ2) is 32.8. The molecule has 0 aliphatic rings. The molecular formula is C16H34N4O8Pt2+4.